The Hall–Kier alpha value is -2.17. The Morgan fingerprint density at radius 3 is 2.39 bits per heavy atom. The summed E-state index contributed by atoms with van der Waals surface area (Å²) in [7, 11) is 1.68. The van der Waals surface area contributed by atoms with Gasteiger partial charge < -0.3 is 14.8 Å². The molecule has 0 radical (unpaired) electrons. The zero-order chi connectivity index (χ0) is 20.6. The molecule has 4 nitrogen and oxygen atoms in total. The van der Waals surface area contributed by atoms with E-state index in [4.69, 9.17) is 9.47 Å². The second-order valence-corrected chi connectivity index (χ2v) is 6.28. The molecule has 2 aromatic rings. The van der Waals surface area contributed by atoms with Crippen LogP contribution < -0.4 is 10.1 Å². The minimum absolute atomic E-state index is 0.0472. The molecule has 2 aromatic carbocycles. The molecule has 28 heavy (non-hydrogen) atoms. The highest BCUT2D eigenvalue weighted by Crippen LogP contribution is 2.21. The highest BCUT2D eigenvalue weighted by Gasteiger charge is 2.14. The average Bonchev–Trinajstić information content (AvgIpc) is 2.77. The Labute approximate surface area is 170 Å². The lowest BCUT2D eigenvalue weighted by atomic mass is 10.0. The van der Waals surface area contributed by atoms with Crippen molar-refractivity contribution in [1.82, 2.24) is 5.32 Å². The van der Waals surface area contributed by atoms with E-state index in [9.17, 15) is 4.79 Å². The van der Waals surface area contributed by atoms with Crippen LogP contribution in [0.15, 0.2) is 54.6 Å². The number of benzene rings is 2. The van der Waals surface area contributed by atoms with Crippen LogP contribution in [0.3, 0.4) is 0 Å². The number of Topliss-reactive ketones (excluding diaryl/α,β-unsaturated/α-hetero) is 1. The van der Waals surface area contributed by atoms with Gasteiger partial charge in [-0.05, 0) is 37.1 Å². The maximum atomic E-state index is 12.6. The third-order valence-corrected chi connectivity index (χ3v) is 4.23. The molecule has 0 bridgehead atoms. The molecule has 0 amide bonds. The molecule has 1 atom stereocenters. The van der Waals surface area contributed by atoms with Crippen molar-refractivity contribution in [2.75, 3.05) is 26.8 Å². The van der Waals surface area contributed by atoms with Gasteiger partial charge in [-0.1, -0.05) is 63.2 Å². The molecule has 154 valence electrons. The SMILES string of the molecule is CC.CCCNCC(COc1ccccc1C(=O)CCc1ccccc1)OC. The standard InChI is InChI=1S/C22H29NO3.C2H6/c1-3-15-23-16-19(25-2)17-26-22-12-8-7-11-20(22)21(24)14-13-18-9-5-4-6-10-18;1-2/h4-12,19,23H,3,13-17H2,1-2H3;1-2H3. The minimum atomic E-state index is -0.0472. The van der Waals surface area contributed by atoms with Gasteiger partial charge in [0.25, 0.3) is 0 Å². The summed E-state index contributed by atoms with van der Waals surface area (Å²) in [5, 5.41) is 3.33. The molecule has 0 aliphatic rings. The number of carbonyl (C=O) groups excluding carboxylic acids is 1. The summed E-state index contributed by atoms with van der Waals surface area (Å²) in [4.78, 5) is 12.6. The fourth-order valence-corrected chi connectivity index (χ4v) is 2.69. The van der Waals surface area contributed by atoms with E-state index in [1.54, 1.807) is 7.11 Å². The summed E-state index contributed by atoms with van der Waals surface area (Å²) in [6, 6.07) is 17.5. The highest BCUT2D eigenvalue weighted by atomic mass is 16.5. The van der Waals surface area contributed by atoms with Gasteiger partial charge in [0.05, 0.1) is 5.56 Å². The lowest BCUT2D eigenvalue weighted by Gasteiger charge is -2.18. The van der Waals surface area contributed by atoms with Crippen molar-refractivity contribution in [2.45, 2.75) is 46.1 Å². The first-order valence-corrected chi connectivity index (χ1v) is 10.3. The van der Waals surface area contributed by atoms with Crippen molar-refractivity contribution < 1.29 is 14.3 Å². The molecule has 0 heterocycles. The van der Waals surface area contributed by atoms with Crippen molar-refractivity contribution in [3.63, 3.8) is 0 Å². The molecule has 2 rings (SSSR count). The molecule has 4 heteroatoms. The Morgan fingerprint density at radius 1 is 1.04 bits per heavy atom. The van der Waals surface area contributed by atoms with E-state index in [1.165, 1.54) is 5.56 Å². The first-order valence-electron chi connectivity index (χ1n) is 10.3. The van der Waals surface area contributed by atoms with Gasteiger partial charge in [-0.3, -0.25) is 4.79 Å². The van der Waals surface area contributed by atoms with Gasteiger partial charge in [-0.25, -0.2) is 0 Å². The summed E-state index contributed by atoms with van der Waals surface area (Å²) in [6.07, 6.45) is 2.23. The largest absolute Gasteiger partial charge is 0.490 e. The van der Waals surface area contributed by atoms with Crippen LogP contribution in [-0.2, 0) is 11.2 Å². The molecule has 1 N–H and O–H groups in total. The van der Waals surface area contributed by atoms with Crippen LogP contribution in [0, 0.1) is 0 Å². The smallest absolute Gasteiger partial charge is 0.166 e. The van der Waals surface area contributed by atoms with Gasteiger partial charge in [0.15, 0.2) is 5.78 Å². The summed E-state index contributed by atoms with van der Waals surface area (Å²) in [6.45, 7) is 8.22. The van der Waals surface area contributed by atoms with Crippen LogP contribution in [0.25, 0.3) is 0 Å². The predicted octanol–water partition coefficient (Wildman–Crippen LogP) is 4.92. The maximum Gasteiger partial charge on any atom is 0.166 e. The van der Waals surface area contributed by atoms with Crippen molar-refractivity contribution >= 4 is 5.78 Å². The van der Waals surface area contributed by atoms with Crippen molar-refractivity contribution in [2.24, 2.45) is 0 Å². The summed E-state index contributed by atoms with van der Waals surface area (Å²) in [5.74, 6) is 0.727. The Bertz CT molecular complexity index is 658. The van der Waals surface area contributed by atoms with E-state index in [1.807, 2.05) is 68.4 Å². The van der Waals surface area contributed by atoms with Gasteiger partial charge in [0.2, 0.25) is 0 Å². The molecule has 0 saturated heterocycles. The van der Waals surface area contributed by atoms with Crippen LogP contribution >= 0.6 is 0 Å². The van der Waals surface area contributed by atoms with Gasteiger partial charge in [-0.15, -0.1) is 0 Å². The number of hydrogen-bond acceptors (Lipinski definition) is 4. The number of methoxy groups -OCH3 is 1. The maximum absolute atomic E-state index is 12.6. The van der Waals surface area contributed by atoms with Crippen LogP contribution in [0.1, 0.15) is 49.5 Å². The zero-order valence-electron chi connectivity index (χ0n) is 17.7. The molecule has 0 aliphatic carbocycles. The van der Waals surface area contributed by atoms with Crippen molar-refractivity contribution in [1.29, 1.82) is 0 Å². The fraction of sp³-hybridized carbons (Fsp3) is 0.458. The first-order chi connectivity index (χ1) is 13.7. The van der Waals surface area contributed by atoms with E-state index in [0.29, 0.717) is 24.3 Å². The Balaban J connectivity index is 0.00000190. The molecule has 0 fully saturated rings. The lowest BCUT2D eigenvalue weighted by molar-refractivity contribution is 0.0576. The summed E-state index contributed by atoms with van der Waals surface area (Å²) >= 11 is 0. The second-order valence-electron chi connectivity index (χ2n) is 6.28. The topological polar surface area (TPSA) is 47.6 Å². The van der Waals surface area contributed by atoms with E-state index in [2.05, 4.69) is 12.2 Å². The van der Waals surface area contributed by atoms with E-state index < -0.39 is 0 Å². The number of aryl methyl sites for hydroxylation is 1. The van der Waals surface area contributed by atoms with Gasteiger partial charge in [0.1, 0.15) is 18.5 Å². The van der Waals surface area contributed by atoms with Crippen molar-refractivity contribution in [3.05, 3.63) is 65.7 Å². The third-order valence-electron chi connectivity index (χ3n) is 4.23. The lowest BCUT2D eigenvalue weighted by Crippen LogP contribution is -2.33. The minimum Gasteiger partial charge on any atom is -0.490 e. The second kappa shape index (κ2) is 14.8. The molecule has 0 saturated carbocycles. The average molecular weight is 386 g/mol. The number of nitrogens with one attached hydrogen (secondary N) is 1. The van der Waals surface area contributed by atoms with Crippen LogP contribution in [-0.4, -0.2) is 38.7 Å². The molecule has 0 aromatic heterocycles. The molecule has 1 unspecified atom stereocenters. The predicted molar refractivity (Wildman–Crippen MR) is 116 cm³/mol. The van der Waals surface area contributed by atoms with Crippen LogP contribution in [0.4, 0.5) is 0 Å². The van der Waals surface area contributed by atoms with E-state index >= 15 is 0 Å². The van der Waals surface area contributed by atoms with E-state index in [0.717, 1.165) is 25.9 Å². The Kier molecular flexibility index (Phi) is 12.6. The third kappa shape index (κ3) is 8.68. The molecular formula is C24H35NO3. The number of rotatable bonds is 12. The fourth-order valence-electron chi connectivity index (χ4n) is 2.69. The van der Waals surface area contributed by atoms with E-state index in [-0.39, 0.29) is 11.9 Å². The number of ether oxygens (including phenoxy) is 2. The zero-order valence-corrected chi connectivity index (χ0v) is 17.7. The van der Waals surface area contributed by atoms with Crippen molar-refractivity contribution in [3.8, 4) is 5.75 Å². The normalized spacial score (nSPS) is 11.3. The summed E-state index contributed by atoms with van der Waals surface area (Å²) < 4.78 is 11.4. The quantitative estimate of drug-likeness (QED) is 0.416. The van der Waals surface area contributed by atoms with Gasteiger partial charge in [-0.2, -0.15) is 0 Å². The van der Waals surface area contributed by atoms with Gasteiger partial charge >= 0.3 is 0 Å². The number of para-hydroxylation sites is 1. The number of ketones is 1. The highest BCUT2D eigenvalue weighted by molar-refractivity contribution is 5.98. The number of hydrogen-bond donors (Lipinski definition) is 1. The first kappa shape index (κ1) is 23.9. The molecule has 0 spiro atoms. The molecule has 0 aliphatic heterocycles. The molecular weight excluding hydrogens is 350 g/mol. The number of carbonyl (C=O) groups is 1. The van der Waals surface area contributed by atoms with Crippen LogP contribution in [0.2, 0.25) is 0 Å². The van der Waals surface area contributed by atoms with Gasteiger partial charge in [0, 0.05) is 20.1 Å². The monoisotopic (exact) mass is 385 g/mol. The Morgan fingerprint density at radius 2 is 1.71 bits per heavy atom. The van der Waals surface area contributed by atoms with Crippen LogP contribution in [0.5, 0.6) is 5.75 Å². The summed E-state index contributed by atoms with van der Waals surface area (Å²) in [5.41, 5.74) is 1.81.